The van der Waals surface area contributed by atoms with Gasteiger partial charge in [0.15, 0.2) is 9.84 Å². The number of methoxy groups -OCH3 is 1. The molecule has 0 fully saturated rings. The molecule has 1 N–H and O–H groups in total. The first-order valence-corrected chi connectivity index (χ1v) is 10.9. The smallest absolute Gasteiger partial charge is 0.176 e. The first kappa shape index (κ1) is 20.8. The minimum absolute atomic E-state index is 0.142. The molecular formula is C21H21FN2O4S. The number of fused-ring (bicyclic) bond motifs is 1. The van der Waals surface area contributed by atoms with Gasteiger partial charge in [0.05, 0.1) is 16.5 Å². The zero-order valence-corrected chi connectivity index (χ0v) is 17.0. The summed E-state index contributed by atoms with van der Waals surface area (Å²) in [6.07, 6.45) is 4.32. The summed E-state index contributed by atoms with van der Waals surface area (Å²) in [7, 11) is -1.84. The van der Waals surface area contributed by atoms with Crippen molar-refractivity contribution in [3.63, 3.8) is 0 Å². The Morgan fingerprint density at radius 1 is 1.28 bits per heavy atom. The van der Waals surface area contributed by atoms with Crippen LogP contribution >= 0.6 is 0 Å². The lowest BCUT2D eigenvalue weighted by Crippen LogP contribution is -2.16. The summed E-state index contributed by atoms with van der Waals surface area (Å²) in [5.74, 6) is 0.0197. The maximum atomic E-state index is 13.7. The lowest BCUT2D eigenvalue weighted by atomic mass is 10.1. The van der Waals surface area contributed by atoms with E-state index in [1.165, 1.54) is 18.2 Å². The number of hydrogen-bond donors (Lipinski definition) is 1. The summed E-state index contributed by atoms with van der Waals surface area (Å²) in [5.41, 5.74) is 2.13. The number of nitrogens with one attached hydrogen (secondary N) is 1. The Morgan fingerprint density at radius 2 is 2.07 bits per heavy atom. The highest BCUT2D eigenvalue weighted by Crippen LogP contribution is 2.39. The molecule has 0 saturated heterocycles. The molecule has 152 valence electrons. The second-order valence-corrected chi connectivity index (χ2v) is 8.66. The van der Waals surface area contributed by atoms with E-state index in [2.05, 4.69) is 5.32 Å². The van der Waals surface area contributed by atoms with Crippen molar-refractivity contribution in [3.8, 4) is 17.6 Å². The molecule has 1 aliphatic carbocycles. The van der Waals surface area contributed by atoms with Crippen molar-refractivity contribution in [2.45, 2.75) is 17.7 Å². The molecule has 0 unspecified atom stereocenters. The number of rotatable bonds is 8. The molecule has 0 bridgehead atoms. The fourth-order valence-electron chi connectivity index (χ4n) is 3.23. The number of benzene rings is 2. The maximum Gasteiger partial charge on any atom is 0.176 e. The minimum atomic E-state index is -3.47. The maximum absolute atomic E-state index is 13.7. The van der Waals surface area contributed by atoms with E-state index in [-0.39, 0.29) is 16.2 Å². The van der Waals surface area contributed by atoms with Crippen molar-refractivity contribution >= 4 is 15.5 Å². The molecule has 3 rings (SSSR count). The van der Waals surface area contributed by atoms with Gasteiger partial charge in [-0.25, -0.2) is 12.8 Å². The summed E-state index contributed by atoms with van der Waals surface area (Å²) in [5, 5.41) is 12.3. The largest absolute Gasteiger partial charge is 0.457 e. The van der Waals surface area contributed by atoms with E-state index in [1.807, 2.05) is 12.1 Å². The van der Waals surface area contributed by atoms with E-state index >= 15 is 0 Å². The van der Waals surface area contributed by atoms with Crippen LogP contribution in [-0.2, 0) is 21.0 Å². The van der Waals surface area contributed by atoms with Gasteiger partial charge in [-0.15, -0.1) is 0 Å². The van der Waals surface area contributed by atoms with Crippen LogP contribution < -0.4 is 10.1 Å². The molecule has 0 saturated carbocycles. The number of ether oxygens (including phenoxy) is 2. The summed E-state index contributed by atoms with van der Waals surface area (Å²) >= 11 is 0. The Morgan fingerprint density at radius 3 is 2.76 bits per heavy atom. The predicted molar refractivity (Wildman–Crippen MR) is 107 cm³/mol. The van der Waals surface area contributed by atoms with Crippen LogP contribution in [0, 0.1) is 17.1 Å². The molecule has 0 amide bonds. The van der Waals surface area contributed by atoms with E-state index in [1.54, 1.807) is 13.2 Å². The zero-order valence-electron chi connectivity index (χ0n) is 16.2. The average Bonchev–Trinajstić information content (AvgIpc) is 3.08. The molecule has 0 radical (unpaired) electrons. The number of hydrogen-bond acceptors (Lipinski definition) is 6. The lowest BCUT2D eigenvalue weighted by Gasteiger charge is -2.16. The summed E-state index contributed by atoms with van der Waals surface area (Å²) < 4.78 is 49.2. The van der Waals surface area contributed by atoms with Gasteiger partial charge < -0.3 is 14.8 Å². The molecule has 2 aromatic rings. The third-order valence-electron chi connectivity index (χ3n) is 4.48. The van der Waals surface area contributed by atoms with Crippen molar-refractivity contribution in [2.75, 3.05) is 26.5 Å². The molecule has 6 nitrogen and oxygen atoms in total. The first-order chi connectivity index (χ1) is 13.8. The van der Waals surface area contributed by atoms with Crippen molar-refractivity contribution in [2.24, 2.45) is 0 Å². The Kier molecular flexibility index (Phi) is 6.20. The van der Waals surface area contributed by atoms with Crippen molar-refractivity contribution in [3.05, 3.63) is 58.9 Å². The normalized spacial score (nSPS) is 12.8. The van der Waals surface area contributed by atoms with E-state index in [0.29, 0.717) is 36.4 Å². The van der Waals surface area contributed by atoms with Crippen molar-refractivity contribution < 1.29 is 22.3 Å². The fraction of sp³-hybridized carbons (Fsp3) is 0.286. The van der Waals surface area contributed by atoms with Gasteiger partial charge in [0, 0.05) is 49.4 Å². The number of sulfone groups is 1. The van der Waals surface area contributed by atoms with Crippen LogP contribution in [0.25, 0.3) is 5.70 Å². The van der Waals surface area contributed by atoms with Gasteiger partial charge in [-0.2, -0.15) is 5.26 Å². The van der Waals surface area contributed by atoms with Gasteiger partial charge in [-0.1, -0.05) is 6.08 Å². The highest BCUT2D eigenvalue weighted by Gasteiger charge is 2.26. The van der Waals surface area contributed by atoms with Crippen LogP contribution in [0.15, 0.2) is 41.3 Å². The molecule has 8 heteroatoms. The second kappa shape index (κ2) is 8.64. The van der Waals surface area contributed by atoms with E-state index in [9.17, 15) is 12.8 Å². The van der Waals surface area contributed by atoms with Crippen LogP contribution in [0.2, 0.25) is 0 Å². The SMILES string of the molecule is COCCCNC1=CCc2c(Oc3cc(F)cc(C#N)c3)ccc(S(C)(=O)=O)c21. The van der Waals surface area contributed by atoms with Gasteiger partial charge in [0.2, 0.25) is 0 Å². The predicted octanol–water partition coefficient (Wildman–Crippen LogP) is 3.42. The summed E-state index contributed by atoms with van der Waals surface area (Å²) in [6, 6.07) is 8.68. The molecule has 0 heterocycles. The number of allylic oxidation sites excluding steroid dienone is 1. The molecule has 1 aliphatic rings. The van der Waals surface area contributed by atoms with E-state index in [4.69, 9.17) is 14.7 Å². The summed E-state index contributed by atoms with van der Waals surface area (Å²) in [6.45, 7) is 1.22. The molecular weight excluding hydrogens is 395 g/mol. The van der Waals surface area contributed by atoms with Gasteiger partial charge in [0.25, 0.3) is 0 Å². The zero-order chi connectivity index (χ0) is 21.0. The number of nitrogens with zero attached hydrogens (tertiary/aromatic N) is 1. The molecule has 0 atom stereocenters. The molecule has 0 spiro atoms. The Balaban J connectivity index is 1.97. The Bertz CT molecular complexity index is 1100. The standard InChI is InChI=1S/C21H21FN2O4S/c1-27-9-3-8-24-18-5-4-17-19(6-7-20(21(17)18)29(2,25)26)28-16-11-14(13-23)10-15(22)12-16/h5-7,10-12,24H,3-4,8-9H2,1-2H3. The minimum Gasteiger partial charge on any atom is -0.457 e. The molecule has 29 heavy (non-hydrogen) atoms. The van der Waals surface area contributed by atoms with Gasteiger partial charge in [-0.3, -0.25) is 0 Å². The first-order valence-electron chi connectivity index (χ1n) is 9.01. The third-order valence-corrected chi connectivity index (χ3v) is 5.62. The van der Waals surface area contributed by atoms with E-state index < -0.39 is 15.7 Å². The summed E-state index contributed by atoms with van der Waals surface area (Å²) in [4.78, 5) is 0.208. The van der Waals surface area contributed by atoms with E-state index in [0.717, 1.165) is 24.4 Å². The van der Waals surface area contributed by atoms with Gasteiger partial charge in [0.1, 0.15) is 17.3 Å². The lowest BCUT2D eigenvalue weighted by molar-refractivity contribution is 0.195. The second-order valence-electron chi connectivity index (χ2n) is 6.67. The highest BCUT2D eigenvalue weighted by molar-refractivity contribution is 7.90. The third kappa shape index (κ3) is 4.75. The average molecular weight is 416 g/mol. The fourth-order valence-corrected chi connectivity index (χ4v) is 4.15. The topological polar surface area (TPSA) is 88.4 Å². The van der Waals surface area contributed by atoms with Crippen LogP contribution in [-0.4, -0.2) is 34.9 Å². The van der Waals surface area contributed by atoms with Crippen LogP contribution in [0.4, 0.5) is 4.39 Å². The quantitative estimate of drug-likeness (QED) is 0.664. The molecule has 0 aliphatic heterocycles. The van der Waals surface area contributed by atoms with Crippen LogP contribution in [0.1, 0.15) is 23.1 Å². The van der Waals surface area contributed by atoms with Crippen molar-refractivity contribution in [1.82, 2.24) is 5.32 Å². The van der Waals surface area contributed by atoms with Gasteiger partial charge in [-0.05, 0) is 37.1 Å². The Labute approximate surface area is 169 Å². The van der Waals surface area contributed by atoms with Crippen molar-refractivity contribution in [1.29, 1.82) is 5.26 Å². The number of halogens is 1. The van der Waals surface area contributed by atoms with Gasteiger partial charge >= 0.3 is 0 Å². The van der Waals surface area contributed by atoms with Crippen LogP contribution in [0.5, 0.6) is 11.5 Å². The number of nitriles is 1. The Hall–Kier alpha value is -2.89. The van der Waals surface area contributed by atoms with Crippen LogP contribution in [0.3, 0.4) is 0 Å². The highest BCUT2D eigenvalue weighted by atomic mass is 32.2. The molecule has 2 aromatic carbocycles. The molecule has 0 aromatic heterocycles. The monoisotopic (exact) mass is 416 g/mol.